The van der Waals surface area contributed by atoms with Gasteiger partial charge in [0.1, 0.15) is 11.9 Å². The molecule has 10 nitrogen and oxygen atoms in total. The predicted molar refractivity (Wildman–Crippen MR) is 133 cm³/mol. The smallest absolute Gasteiger partial charge is 0.250 e. The predicted octanol–water partition coefficient (Wildman–Crippen LogP) is 2.14. The lowest BCUT2D eigenvalue weighted by Crippen LogP contribution is -2.48. The van der Waals surface area contributed by atoms with E-state index in [2.05, 4.69) is 15.1 Å². The molecule has 2 fully saturated rings. The van der Waals surface area contributed by atoms with Crippen LogP contribution in [0.2, 0.25) is 0 Å². The van der Waals surface area contributed by atoms with E-state index in [0.717, 1.165) is 40.6 Å². The number of aromatic amines is 1. The Balaban J connectivity index is 1.52. The molecular formula is C25H30N6O4. The molecule has 0 atom stereocenters. The number of carbonyl (C=O) groups is 2. The highest BCUT2D eigenvalue weighted by molar-refractivity contribution is 6.01. The summed E-state index contributed by atoms with van der Waals surface area (Å²) in [5, 5.41) is 7.94. The first-order valence-electron chi connectivity index (χ1n) is 11.9. The Morgan fingerprint density at radius 3 is 2.51 bits per heavy atom. The molecule has 0 bridgehead atoms. The molecule has 0 radical (unpaired) electrons. The van der Waals surface area contributed by atoms with Crippen LogP contribution in [-0.2, 0) is 9.53 Å². The zero-order chi connectivity index (χ0) is 24.5. The number of nitrogens with zero attached hydrogens (tertiary/aromatic N) is 3. The van der Waals surface area contributed by atoms with Crippen LogP contribution < -0.4 is 21.1 Å². The molecule has 0 saturated carbocycles. The molecule has 35 heavy (non-hydrogen) atoms. The van der Waals surface area contributed by atoms with Gasteiger partial charge in [0.15, 0.2) is 5.82 Å². The second-order valence-corrected chi connectivity index (χ2v) is 9.02. The van der Waals surface area contributed by atoms with Gasteiger partial charge >= 0.3 is 0 Å². The van der Waals surface area contributed by atoms with Crippen molar-refractivity contribution in [3.63, 3.8) is 0 Å². The molecule has 2 saturated heterocycles. The second-order valence-electron chi connectivity index (χ2n) is 9.02. The summed E-state index contributed by atoms with van der Waals surface area (Å²) in [5.41, 5.74) is 15.7. The number of aromatic nitrogens is 2. The fraction of sp³-hybridized carbons (Fsp3) is 0.400. The Morgan fingerprint density at radius 2 is 1.83 bits per heavy atom. The van der Waals surface area contributed by atoms with Crippen LogP contribution in [0.25, 0.3) is 22.0 Å². The number of amides is 2. The zero-order valence-electron chi connectivity index (χ0n) is 19.8. The molecule has 3 aromatic rings. The Labute approximate surface area is 203 Å². The van der Waals surface area contributed by atoms with Crippen LogP contribution in [0.5, 0.6) is 5.75 Å². The largest absolute Gasteiger partial charge is 0.489 e. The van der Waals surface area contributed by atoms with Crippen LogP contribution in [0.15, 0.2) is 30.3 Å². The summed E-state index contributed by atoms with van der Waals surface area (Å²) < 4.78 is 11.8. The third kappa shape index (κ3) is 4.61. The van der Waals surface area contributed by atoms with Crippen molar-refractivity contribution in [3.8, 4) is 16.9 Å². The lowest BCUT2D eigenvalue weighted by atomic mass is 9.99. The van der Waals surface area contributed by atoms with Gasteiger partial charge in [0, 0.05) is 45.9 Å². The van der Waals surface area contributed by atoms with Crippen molar-refractivity contribution in [1.82, 2.24) is 15.1 Å². The van der Waals surface area contributed by atoms with Crippen LogP contribution in [0.1, 0.15) is 30.1 Å². The number of rotatable bonds is 5. The van der Waals surface area contributed by atoms with E-state index in [1.54, 1.807) is 17.9 Å². The van der Waals surface area contributed by atoms with Gasteiger partial charge in [-0.25, -0.2) is 0 Å². The van der Waals surface area contributed by atoms with E-state index >= 15 is 0 Å². The number of primary amides is 1. The maximum atomic E-state index is 12.2. The molecule has 0 unspecified atom stereocenters. The number of ether oxygens (including phenoxy) is 2. The molecular weight excluding hydrogens is 448 g/mol. The van der Waals surface area contributed by atoms with Crippen molar-refractivity contribution >= 4 is 34.2 Å². The van der Waals surface area contributed by atoms with Crippen molar-refractivity contribution in [2.24, 2.45) is 5.73 Å². The Morgan fingerprint density at radius 1 is 1.09 bits per heavy atom. The molecule has 2 aliphatic heterocycles. The van der Waals surface area contributed by atoms with E-state index < -0.39 is 5.91 Å². The minimum Gasteiger partial charge on any atom is -0.489 e. The third-order valence-corrected chi connectivity index (χ3v) is 6.78. The normalized spacial score (nSPS) is 17.1. The SMILES string of the molecule is CC(=O)N1CCN(c2cc(-c3cc(OC4CCOCC4)c4c(N)n[nH]c4c3)ccc2C(N)=O)CC1. The van der Waals surface area contributed by atoms with Crippen molar-refractivity contribution in [2.75, 3.05) is 50.0 Å². The molecule has 1 aromatic heterocycles. The summed E-state index contributed by atoms with van der Waals surface area (Å²) in [6, 6.07) is 9.57. The second kappa shape index (κ2) is 9.46. The molecule has 0 aliphatic carbocycles. The number of fused-ring (bicyclic) bond motifs is 1. The summed E-state index contributed by atoms with van der Waals surface area (Å²) >= 11 is 0. The first-order valence-corrected chi connectivity index (χ1v) is 11.9. The number of nitrogens with one attached hydrogen (secondary N) is 1. The van der Waals surface area contributed by atoms with Crippen LogP contribution in [-0.4, -0.2) is 72.4 Å². The molecule has 3 heterocycles. The molecule has 5 N–H and O–H groups in total. The minimum absolute atomic E-state index is 0.0434. The van der Waals surface area contributed by atoms with Crippen LogP contribution in [0, 0.1) is 0 Å². The first-order chi connectivity index (χ1) is 16.9. The van der Waals surface area contributed by atoms with E-state index in [1.807, 2.05) is 24.3 Å². The van der Waals surface area contributed by atoms with Gasteiger partial charge in [-0.1, -0.05) is 6.07 Å². The van der Waals surface area contributed by atoms with E-state index in [4.69, 9.17) is 20.9 Å². The summed E-state index contributed by atoms with van der Waals surface area (Å²) in [5.74, 6) is 0.631. The number of piperazine rings is 1. The molecule has 2 aromatic carbocycles. The third-order valence-electron chi connectivity index (χ3n) is 6.78. The van der Waals surface area contributed by atoms with E-state index in [1.165, 1.54) is 0 Å². The van der Waals surface area contributed by atoms with Crippen LogP contribution >= 0.6 is 0 Å². The van der Waals surface area contributed by atoms with Gasteiger partial charge in [0.25, 0.3) is 5.91 Å². The highest BCUT2D eigenvalue weighted by Crippen LogP contribution is 2.37. The van der Waals surface area contributed by atoms with E-state index in [9.17, 15) is 9.59 Å². The highest BCUT2D eigenvalue weighted by Gasteiger charge is 2.24. The number of anilines is 2. The Hall–Kier alpha value is -3.79. The molecule has 2 amide bonds. The molecule has 0 spiro atoms. The zero-order valence-corrected chi connectivity index (χ0v) is 19.8. The lowest BCUT2D eigenvalue weighted by molar-refractivity contribution is -0.129. The number of carbonyl (C=O) groups excluding carboxylic acids is 2. The van der Waals surface area contributed by atoms with Crippen LogP contribution in [0.4, 0.5) is 11.5 Å². The molecule has 10 heteroatoms. The first kappa shape index (κ1) is 23.0. The fourth-order valence-electron chi connectivity index (χ4n) is 4.82. The van der Waals surface area contributed by atoms with Gasteiger partial charge in [-0.2, -0.15) is 5.10 Å². The number of hydrogen-bond acceptors (Lipinski definition) is 7. The molecule has 2 aliphatic rings. The monoisotopic (exact) mass is 478 g/mol. The quantitative estimate of drug-likeness (QED) is 0.510. The van der Waals surface area contributed by atoms with Gasteiger partial charge in [-0.05, 0) is 35.4 Å². The lowest BCUT2D eigenvalue weighted by Gasteiger charge is -2.36. The highest BCUT2D eigenvalue weighted by atomic mass is 16.5. The van der Waals surface area contributed by atoms with E-state index in [-0.39, 0.29) is 12.0 Å². The Kier molecular flexibility index (Phi) is 6.21. The minimum atomic E-state index is -0.485. The number of nitrogens with two attached hydrogens (primary N) is 2. The van der Waals surface area contributed by atoms with E-state index in [0.29, 0.717) is 56.5 Å². The maximum absolute atomic E-state index is 12.2. The van der Waals surface area contributed by atoms with Gasteiger partial charge < -0.3 is 30.7 Å². The van der Waals surface area contributed by atoms with Crippen molar-refractivity contribution in [1.29, 1.82) is 0 Å². The summed E-state index contributed by atoms with van der Waals surface area (Å²) in [7, 11) is 0. The van der Waals surface area contributed by atoms with Crippen molar-refractivity contribution in [2.45, 2.75) is 25.9 Å². The van der Waals surface area contributed by atoms with Gasteiger partial charge in [0.05, 0.1) is 35.4 Å². The number of H-pyrrole nitrogens is 1. The Bertz CT molecular complexity index is 1260. The number of hydrogen-bond donors (Lipinski definition) is 3. The molecule has 184 valence electrons. The van der Waals surface area contributed by atoms with Crippen LogP contribution in [0.3, 0.4) is 0 Å². The summed E-state index contributed by atoms with van der Waals surface area (Å²) in [6.07, 6.45) is 1.67. The van der Waals surface area contributed by atoms with Crippen molar-refractivity contribution in [3.05, 3.63) is 35.9 Å². The number of nitrogen functional groups attached to an aromatic ring is 1. The van der Waals surface area contributed by atoms with Gasteiger partial charge in [-0.15, -0.1) is 0 Å². The van der Waals surface area contributed by atoms with Crippen molar-refractivity contribution < 1.29 is 19.1 Å². The van der Waals surface area contributed by atoms with Gasteiger partial charge in [-0.3, -0.25) is 14.7 Å². The summed E-state index contributed by atoms with van der Waals surface area (Å²) in [6.45, 7) is 5.35. The standard InChI is InChI=1S/C25H30N6O4/c1-15(32)30-6-8-31(9-7-30)21-13-16(2-3-19(21)25(27)33)17-12-20-23(24(26)29-28-20)22(14-17)35-18-4-10-34-11-5-18/h2-3,12-14,18H,4-11H2,1H3,(H2,27,33)(H3,26,28,29). The summed E-state index contributed by atoms with van der Waals surface area (Å²) in [4.78, 5) is 27.9. The average molecular weight is 479 g/mol. The molecule has 5 rings (SSSR count). The average Bonchev–Trinajstić information content (AvgIpc) is 3.25. The topological polar surface area (TPSA) is 140 Å². The number of benzene rings is 2. The maximum Gasteiger partial charge on any atom is 0.250 e. The fourth-order valence-corrected chi connectivity index (χ4v) is 4.82. The van der Waals surface area contributed by atoms with Gasteiger partial charge in [0.2, 0.25) is 5.91 Å².